The molecular weight excluding hydrogens is 208 g/mol. The highest BCUT2D eigenvalue weighted by molar-refractivity contribution is 5.65. The zero-order chi connectivity index (χ0) is 12.0. The van der Waals surface area contributed by atoms with Gasteiger partial charge < -0.3 is 10.2 Å². The largest absolute Gasteiger partial charge is 0.367 e. The minimum Gasteiger partial charge on any atom is -0.367 e. The highest BCUT2D eigenvalue weighted by atomic mass is 15.2. The first-order valence-corrected chi connectivity index (χ1v) is 6.69. The summed E-state index contributed by atoms with van der Waals surface area (Å²) in [7, 11) is 0. The SMILES string of the molecule is C[C@@H]1CC(C)(C)c2cccc3c2N1CCNC3. The highest BCUT2D eigenvalue weighted by Gasteiger charge is 2.36. The standard InChI is InChI=1S/C15H22N2/c1-11-9-15(2,3)13-6-4-5-12-10-16-7-8-17(11)14(12)13/h4-6,11,16H,7-10H2,1-3H3/t11-/m1/s1. The molecule has 1 atom stereocenters. The van der Waals surface area contributed by atoms with Crippen LogP contribution in [0.4, 0.5) is 5.69 Å². The first-order valence-electron chi connectivity index (χ1n) is 6.69. The Hall–Kier alpha value is -1.02. The van der Waals surface area contributed by atoms with Gasteiger partial charge in [-0.25, -0.2) is 0 Å². The van der Waals surface area contributed by atoms with Gasteiger partial charge in [-0.1, -0.05) is 32.0 Å². The lowest BCUT2D eigenvalue weighted by atomic mass is 9.74. The highest BCUT2D eigenvalue weighted by Crippen LogP contribution is 2.44. The normalized spacial score (nSPS) is 26.3. The fourth-order valence-electron chi connectivity index (χ4n) is 3.55. The van der Waals surface area contributed by atoms with Crippen molar-refractivity contribution in [1.82, 2.24) is 5.32 Å². The third-order valence-electron chi connectivity index (χ3n) is 4.32. The maximum atomic E-state index is 3.53. The van der Waals surface area contributed by atoms with Crippen molar-refractivity contribution in [2.45, 2.75) is 45.2 Å². The molecule has 17 heavy (non-hydrogen) atoms. The Morgan fingerprint density at radius 2 is 2.18 bits per heavy atom. The average Bonchev–Trinajstić information content (AvgIpc) is 2.48. The zero-order valence-electron chi connectivity index (χ0n) is 11.1. The van der Waals surface area contributed by atoms with E-state index in [0.29, 0.717) is 11.5 Å². The maximum Gasteiger partial charge on any atom is 0.0452 e. The lowest BCUT2D eigenvalue weighted by molar-refractivity contribution is 0.396. The van der Waals surface area contributed by atoms with Crippen LogP contribution >= 0.6 is 0 Å². The molecule has 2 aliphatic rings. The minimum absolute atomic E-state index is 0.311. The number of rotatable bonds is 0. The summed E-state index contributed by atoms with van der Waals surface area (Å²) < 4.78 is 0. The third-order valence-corrected chi connectivity index (χ3v) is 4.32. The molecule has 0 aromatic heterocycles. The molecule has 2 aliphatic heterocycles. The smallest absolute Gasteiger partial charge is 0.0452 e. The van der Waals surface area contributed by atoms with E-state index < -0.39 is 0 Å². The van der Waals surface area contributed by atoms with Crippen molar-refractivity contribution in [3.8, 4) is 0 Å². The second-order valence-corrected chi connectivity index (χ2v) is 6.12. The van der Waals surface area contributed by atoms with Crippen molar-refractivity contribution in [2.24, 2.45) is 0 Å². The van der Waals surface area contributed by atoms with Crippen LogP contribution in [0.5, 0.6) is 0 Å². The Bertz CT molecular complexity index is 437. The molecule has 0 spiro atoms. The fraction of sp³-hybridized carbons (Fsp3) is 0.600. The summed E-state index contributed by atoms with van der Waals surface area (Å²) in [5, 5.41) is 3.53. The molecule has 2 nitrogen and oxygen atoms in total. The first kappa shape index (κ1) is 11.1. The number of nitrogens with one attached hydrogen (secondary N) is 1. The molecule has 0 radical (unpaired) electrons. The van der Waals surface area contributed by atoms with E-state index in [4.69, 9.17) is 0 Å². The molecule has 92 valence electrons. The molecule has 0 saturated heterocycles. The predicted octanol–water partition coefficient (Wildman–Crippen LogP) is 2.67. The van der Waals surface area contributed by atoms with E-state index in [1.54, 1.807) is 0 Å². The summed E-state index contributed by atoms with van der Waals surface area (Å²) >= 11 is 0. The van der Waals surface area contributed by atoms with E-state index in [-0.39, 0.29) is 0 Å². The molecule has 0 saturated carbocycles. The topological polar surface area (TPSA) is 15.3 Å². The van der Waals surface area contributed by atoms with Gasteiger partial charge in [0.15, 0.2) is 0 Å². The van der Waals surface area contributed by atoms with Crippen LogP contribution in [-0.4, -0.2) is 19.1 Å². The number of anilines is 1. The fourth-order valence-corrected chi connectivity index (χ4v) is 3.55. The summed E-state index contributed by atoms with van der Waals surface area (Å²) in [6.07, 6.45) is 1.25. The molecule has 0 fully saturated rings. The van der Waals surface area contributed by atoms with Gasteiger partial charge in [0, 0.05) is 31.4 Å². The van der Waals surface area contributed by atoms with Gasteiger partial charge in [-0.3, -0.25) is 0 Å². The minimum atomic E-state index is 0.311. The molecule has 2 heterocycles. The summed E-state index contributed by atoms with van der Waals surface area (Å²) in [4.78, 5) is 2.61. The Labute approximate surface area is 104 Å². The predicted molar refractivity (Wildman–Crippen MR) is 72.6 cm³/mol. The van der Waals surface area contributed by atoms with Gasteiger partial charge in [0.2, 0.25) is 0 Å². The number of nitrogens with zero attached hydrogens (tertiary/aromatic N) is 1. The Morgan fingerprint density at radius 1 is 1.35 bits per heavy atom. The van der Waals surface area contributed by atoms with E-state index in [1.807, 2.05) is 0 Å². The number of benzene rings is 1. The van der Waals surface area contributed by atoms with Crippen molar-refractivity contribution < 1.29 is 0 Å². The summed E-state index contributed by atoms with van der Waals surface area (Å²) in [6.45, 7) is 10.4. The molecule has 2 heteroatoms. The van der Waals surface area contributed by atoms with Crippen LogP contribution in [0, 0.1) is 0 Å². The van der Waals surface area contributed by atoms with Crippen LogP contribution in [0.25, 0.3) is 0 Å². The number of hydrogen-bond acceptors (Lipinski definition) is 2. The van der Waals surface area contributed by atoms with Crippen molar-refractivity contribution in [3.63, 3.8) is 0 Å². The van der Waals surface area contributed by atoms with E-state index in [9.17, 15) is 0 Å². The van der Waals surface area contributed by atoms with Crippen LogP contribution in [-0.2, 0) is 12.0 Å². The van der Waals surface area contributed by atoms with Gasteiger partial charge >= 0.3 is 0 Å². The van der Waals surface area contributed by atoms with Crippen molar-refractivity contribution in [3.05, 3.63) is 29.3 Å². The molecule has 1 aromatic rings. The monoisotopic (exact) mass is 230 g/mol. The van der Waals surface area contributed by atoms with Gasteiger partial charge in [-0.2, -0.15) is 0 Å². The van der Waals surface area contributed by atoms with E-state index in [0.717, 1.165) is 19.6 Å². The van der Waals surface area contributed by atoms with E-state index in [2.05, 4.69) is 49.2 Å². The summed E-state index contributed by atoms with van der Waals surface area (Å²) in [5.41, 5.74) is 4.84. The second-order valence-electron chi connectivity index (χ2n) is 6.12. The number of para-hydroxylation sites is 1. The van der Waals surface area contributed by atoms with Crippen LogP contribution < -0.4 is 10.2 Å². The van der Waals surface area contributed by atoms with E-state index in [1.165, 1.54) is 23.2 Å². The van der Waals surface area contributed by atoms with Gasteiger partial charge in [-0.15, -0.1) is 0 Å². The Balaban J connectivity index is 2.21. The van der Waals surface area contributed by atoms with Crippen molar-refractivity contribution in [1.29, 1.82) is 0 Å². The Morgan fingerprint density at radius 3 is 3.00 bits per heavy atom. The zero-order valence-corrected chi connectivity index (χ0v) is 11.1. The van der Waals surface area contributed by atoms with Crippen molar-refractivity contribution >= 4 is 5.69 Å². The summed E-state index contributed by atoms with van der Waals surface area (Å²) in [6, 6.07) is 7.47. The summed E-state index contributed by atoms with van der Waals surface area (Å²) in [5.74, 6) is 0. The lowest BCUT2D eigenvalue weighted by Crippen LogP contribution is -2.45. The molecule has 1 aromatic carbocycles. The maximum absolute atomic E-state index is 3.53. The molecule has 3 rings (SSSR count). The third kappa shape index (κ3) is 1.66. The van der Waals surface area contributed by atoms with Crippen LogP contribution in [0.1, 0.15) is 38.3 Å². The van der Waals surface area contributed by atoms with Gasteiger partial charge in [0.25, 0.3) is 0 Å². The molecule has 0 amide bonds. The first-order chi connectivity index (χ1) is 8.09. The second kappa shape index (κ2) is 3.74. The van der Waals surface area contributed by atoms with Gasteiger partial charge in [0.1, 0.15) is 0 Å². The average molecular weight is 230 g/mol. The Kier molecular flexibility index (Phi) is 2.44. The van der Waals surface area contributed by atoms with Crippen LogP contribution in [0.2, 0.25) is 0 Å². The van der Waals surface area contributed by atoms with E-state index >= 15 is 0 Å². The van der Waals surface area contributed by atoms with Gasteiger partial charge in [0.05, 0.1) is 0 Å². The molecular formula is C15H22N2. The van der Waals surface area contributed by atoms with Crippen LogP contribution in [0.3, 0.4) is 0 Å². The molecule has 0 bridgehead atoms. The molecule has 1 N–H and O–H groups in total. The quantitative estimate of drug-likeness (QED) is 0.737. The molecule has 0 aliphatic carbocycles. The lowest BCUT2D eigenvalue weighted by Gasteiger charge is -2.45. The molecule has 0 unspecified atom stereocenters. The van der Waals surface area contributed by atoms with Crippen LogP contribution in [0.15, 0.2) is 18.2 Å². The van der Waals surface area contributed by atoms with Crippen molar-refractivity contribution in [2.75, 3.05) is 18.0 Å². The van der Waals surface area contributed by atoms with Gasteiger partial charge in [-0.05, 0) is 29.9 Å². The number of hydrogen-bond donors (Lipinski definition) is 1.